The summed E-state index contributed by atoms with van der Waals surface area (Å²) >= 11 is 1.46. The lowest BCUT2D eigenvalue weighted by Crippen LogP contribution is -2.34. The fourth-order valence-corrected chi connectivity index (χ4v) is 5.23. The number of rotatable bonds is 7. The highest BCUT2D eigenvalue weighted by molar-refractivity contribution is 7.17. The van der Waals surface area contributed by atoms with Crippen molar-refractivity contribution in [2.75, 3.05) is 0 Å². The van der Waals surface area contributed by atoms with Crippen LogP contribution in [0.2, 0.25) is 0 Å². The van der Waals surface area contributed by atoms with Gasteiger partial charge in [0.2, 0.25) is 11.7 Å². The summed E-state index contributed by atoms with van der Waals surface area (Å²) in [6.07, 6.45) is 9.06. The first kappa shape index (κ1) is 21.0. The van der Waals surface area contributed by atoms with Gasteiger partial charge in [-0.3, -0.25) is 18.6 Å². The van der Waals surface area contributed by atoms with E-state index in [1.807, 2.05) is 15.8 Å². The molecule has 1 fully saturated rings. The van der Waals surface area contributed by atoms with Crippen LogP contribution >= 0.6 is 11.3 Å². The summed E-state index contributed by atoms with van der Waals surface area (Å²) in [6, 6.07) is 2.30. The van der Waals surface area contributed by atoms with E-state index in [1.165, 1.54) is 37.0 Å². The Kier molecular flexibility index (Phi) is 6.51. The monoisotopic (exact) mass is 429 g/mol. The maximum atomic E-state index is 12.9. The van der Waals surface area contributed by atoms with Gasteiger partial charge in [-0.25, -0.2) is 0 Å². The molecule has 7 nitrogen and oxygen atoms in total. The molecule has 0 atom stereocenters. The lowest BCUT2D eigenvalue weighted by atomic mass is 10.1. The first-order chi connectivity index (χ1) is 14.5. The normalized spacial score (nSPS) is 15.8. The first-order valence-electron chi connectivity index (χ1n) is 11.2. The first-order valence-corrected chi connectivity index (χ1v) is 12.1. The number of thiophene rings is 1. The van der Waals surface area contributed by atoms with Crippen LogP contribution in [0.4, 0.5) is 0 Å². The molecule has 1 aliphatic carbocycles. The number of nitrogens with one attached hydrogen (secondary N) is 1. The Hall–Kier alpha value is -2.22. The molecular formula is C22H31N5O2S. The summed E-state index contributed by atoms with van der Waals surface area (Å²) in [6.45, 7) is 4.79. The van der Waals surface area contributed by atoms with Crippen LogP contribution in [0.1, 0.15) is 71.0 Å². The molecule has 162 valence electrons. The van der Waals surface area contributed by atoms with E-state index >= 15 is 0 Å². The minimum absolute atomic E-state index is 0.00271. The number of aromatic nitrogens is 4. The molecule has 3 aromatic heterocycles. The average Bonchev–Trinajstić information content (AvgIpc) is 3.27. The van der Waals surface area contributed by atoms with Crippen molar-refractivity contribution in [3.8, 4) is 0 Å². The largest absolute Gasteiger partial charge is 0.353 e. The number of fused-ring (bicyclic) bond motifs is 3. The van der Waals surface area contributed by atoms with Gasteiger partial charge in [0.05, 0.1) is 5.52 Å². The van der Waals surface area contributed by atoms with E-state index in [-0.39, 0.29) is 11.5 Å². The SMILES string of the molecule is CC(C)Cn1c(=O)c2sccc2n2c(CCCC(=O)NC3CCCCCC3)nnc12. The number of carbonyl (C=O) groups excluding carboxylic acids is 1. The molecule has 1 amide bonds. The highest BCUT2D eigenvalue weighted by atomic mass is 32.1. The van der Waals surface area contributed by atoms with Gasteiger partial charge in [0, 0.05) is 25.4 Å². The smallest absolute Gasteiger partial charge is 0.272 e. The summed E-state index contributed by atoms with van der Waals surface area (Å²) < 4.78 is 4.47. The molecule has 0 aliphatic heterocycles. The fraction of sp³-hybridized carbons (Fsp3) is 0.636. The van der Waals surface area contributed by atoms with Gasteiger partial charge in [-0.2, -0.15) is 0 Å². The van der Waals surface area contributed by atoms with Crippen molar-refractivity contribution < 1.29 is 4.79 Å². The highest BCUT2D eigenvalue weighted by Crippen LogP contribution is 2.21. The zero-order valence-corrected chi connectivity index (χ0v) is 18.7. The van der Waals surface area contributed by atoms with Gasteiger partial charge < -0.3 is 5.32 Å². The molecule has 3 heterocycles. The second-order valence-corrected chi connectivity index (χ2v) is 9.72. The van der Waals surface area contributed by atoms with E-state index in [9.17, 15) is 9.59 Å². The van der Waals surface area contributed by atoms with Crippen LogP contribution in [-0.2, 0) is 17.8 Å². The summed E-state index contributed by atoms with van der Waals surface area (Å²) in [5, 5.41) is 13.9. The number of nitrogens with zero attached hydrogens (tertiary/aromatic N) is 4. The molecule has 0 spiro atoms. The molecule has 0 unspecified atom stereocenters. The Labute approximate surface area is 180 Å². The Morgan fingerprint density at radius 2 is 2.00 bits per heavy atom. The number of amides is 1. The van der Waals surface area contributed by atoms with Gasteiger partial charge >= 0.3 is 0 Å². The predicted octanol–water partition coefficient (Wildman–Crippen LogP) is 3.92. The molecule has 30 heavy (non-hydrogen) atoms. The predicted molar refractivity (Wildman–Crippen MR) is 120 cm³/mol. The molecular weight excluding hydrogens is 398 g/mol. The summed E-state index contributed by atoms with van der Waals surface area (Å²) in [5.41, 5.74) is 0.867. The van der Waals surface area contributed by atoms with E-state index < -0.39 is 0 Å². The van der Waals surface area contributed by atoms with E-state index in [1.54, 1.807) is 4.57 Å². The van der Waals surface area contributed by atoms with Crippen molar-refractivity contribution in [1.82, 2.24) is 24.5 Å². The Morgan fingerprint density at radius 3 is 2.73 bits per heavy atom. The lowest BCUT2D eigenvalue weighted by molar-refractivity contribution is -0.122. The molecule has 0 saturated heterocycles. The molecule has 1 aliphatic rings. The van der Waals surface area contributed by atoms with Crippen molar-refractivity contribution in [2.45, 2.75) is 84.2 Å². The van der Waals surface area contributed by atoms with Crippen LogP contribution < -0.4 is 10.9 Å². The molecule has 0 radical (unpaired) electrons. The zero-order valence-electron chi connectivity index (χ0n) is 17.9. The molecule has 4 rings (SSSR count). The van der Waals surface area contributed by atoms with E-state index in [2.05, 4.69) is 29.4 Å². The molecule has 1 N–H and O–H groups in total. The van der Waals surface area contributed by atoms with Gasteiger partial charge in [-0.15, -0.1) is 21.5 Å². The summed E-state index contributed by atoms with van der Waals surface area (Å²) in [4.78, 5) is 25.3. The topological polar surface area (TPSA) is 81.3 Å². The van der Waals surface area contributed by atoms with Crippen LogP contribution in [0.25, 0.3) is 16.0 Å². The van der Waals surface area contributed by atoms with Crippen molar-refractivity contribution in [3.05, 3.63) is 27.6 Å². The standard InChI is InChI=1S/C22H31N5O2S/c1-15(2)14-26-21(29)20-17(12-13-30-20)27-18(24-25-22(26)27)10-7-11-19(28)23-16-8-5-3-4-6-9-16/h12-13,15-16H,3-11,14H2,1-2H3,(H,23,28). The highest BCUT2D eigenvalue weighted by Gasteiger charge is 2.19. The average molecular weight is 430 g/mol. The molecule has 0 aromatic carbocycles. The van der Waals surface area contributed by atoms with Gasteiger partial charge in [0.25, 0.3) is 5.56 Å². The summed E-state index contributed by atoms with van der Waals surface area (Å²) in [7, 11) is 0. The van der Waals surface area contributed by atoms with E-state index in [0.29, 0.717) is 43.5 Å². The van der Waals surface area contributed by atoms with Crippen molar-refractivity contribution in [2.24, 2.45) is 5.92 Å². The maximum absolute atomic E-state index is 12.9. The fourth-order valence-electron chi connectivity index (χ4n) is 4.40. The van der Waals surface area contributed by atoms with Crippen LogP contribution in [-0.4, -0.2) is 31.1 Å². The maximum Gasteiger partial charge on any atom is 0.272 e. The Balaban J connectivity index is 1.49. The molecule has 1 saturated carbocycles. The van der Waals surface area contributed by atoms with E-state index in [4.69, 9.17) is 0 Å². The third-order valence-electron chi connectivity index (χ3n) is 5.85. The van der Waals surface area contributed by atoms with Crippen molar-refractivity contribution in [1.29, 1.82) is 0 Å². The zero-order chi connectivity index (χ0) is 21.1. The molecule has 0 bridgehead atoms. The van der Waals surface area contributed by atoms with Gasteiger partial charge in [0.1, 0.15) is 10.5 Å². The van der Waals surface area contributed by atoms with Crippen molar-refractivity contribution >= 4 is 33.2 Å². The molecule has 3 aromatic rings. The van der Waals surface area contributed by atoms with Gasteiger partial charge in [-0.05, 0) is 36.6 Å². The second kappa shape index (κ2) is 9.29. The Bertz CT molecular complexity index is 1070. The Morgan fingerprint density at radius 1 is 1.23 bits per heavy atom. The van der Waals surface area contributed by atoms with Crippen LogP contribution in [0.3, 0.4) is 0 Å². The van der Waals surface area contributed by atoms with Crippen LogP contribution in [0.15, 0.2) is 16.2 Å². The third-order valence-corrected chi connectivity index (χ3v) is 6.74. The minimum atomic E-state index is 0.00271. The number of aryl methyl sites for hydroxylation is 1. The molecule has 8 heteroatoms. The number of hydrogen-bond donors (Lipinski definition) is 1. The number of carbonyl (C=O) groups is 1. The van der Waals surface area contributed by atoms with Crippen LogP contribution in [0, 0.1) is 5.92 Å². The lowest BCUT2D eigenvalue weighted by Gasteiger charge is -2.16. The summed E-state index contributed by atoms with van der Waals surface area (Å²) in [5.74, 6) is 1.87. The third kappa shape index (κ3) is 4.43. The number of hydrogen-bond acceptors (Lipinski definition) is 5. The quantitative estimate of drug-likeness (QED) is 0.577. The minimum Gasteiger partial charge on any atom is -0.353 e. The van der Waals surface area contributed by atoms with Gasteiger partial charge in [0.15, 0.2) is 0 Å². The second-order valence-electron chi connectivity index (χ2n) is 8.81. The van der Waals surface area contributed by atoms with Crippen molar-refractivity contribution in [3.63, 3.8) is 0 Å². The van der Waals surface area contributed by atoms with Crippen LogP contribution in [0.5, 0.6) is 0 Å². The van der Waals surface area contributed by atoms with Gasteiger partial charge in [-0.1, -0.05) is 39.5 Å². The van der Waals surface area contributed by atoms with E-state index in [0.717, 1.165) is 28.9 Å².